The minimum atomic E-state index is -0.691. The van der Waals surface area contributed by atoms with Crippen molar-refractivity contribution in [1.29, 1.82) is 0 Å². The molecule has 1 radical (unpaired) electrons. The highest BCUT2D eigenvalue weighted by Crippen LogP contribution is 2.38. The molecule has 0 aromatic rings. The molecule has 1 heterocycles. The summed E-state index contributed by atoms with van der Waals surface area (Å²) in [5, 5.41) is 13.6. The average Bonchev–Trinajstić information content (AvgIpc) is 2.52. The highest BCUT2D eigenvalue weighted by Gasteiger charge is 2.46. The minimum Gasteiger partial charge on any atom is -0.461 e. The van der Waals surface area contributed by atoms with Crippen LogP contribution in [0.3, 0.4) is 0 Å². The van der Waals surface area contributed by atoms with Gasteiger partial charge in [-0.2, -0.15) is 0 Å². The Labute approximate surface area is 195 Å². The van der Waals surface area contributed by atoms with Gasteiger partial charge in [0.15, 0.2) is 6.10 Å². The van der Waals surface area contributed by atoms with E-state index in [-0.39, 0.29) is 35.2 Å². The number of hydrogen-bond acceptors (Lipinski definition) is 6. The van der Waals surface area contributed by atoms with Gasteiger partial charge in [-0.1, -0.05) is 45.2 Å². The maximum Gasteiger partial charge on any atom is 0.321 e. The van der Waals surface area contributed by atoms with Crippen LogP contribution >= 0.6 is 45.2 Å². The van der Waals surface area contributed by atoms with Gasteiger partial charge in [0.25, 0.3) is 0 Å². The van der Waals surface area contributed by atoms with Crippen molar-refractivity contribution in [3.63, 3.8) is 0 Å². The fourth-order valence-corrected chi connectivity index (χ4v) is 3.55. The monoisotopic (exact) mass is 624 g/mol. The van der Waals surface area contributed by atoms with Gasteiger partial charge in [0.05, 0.1) is 12.7 Å². The van der Waals surface area contributed by atoms with Gasteiger partial charge >= 0.3 is 11.9 Å². The van der Waals surface area contributed by atoms with E-state index < -0.39 is 20.6 Å². The highest BCUT2D eigenvalue weighted by atomic mass is 127. The smallest absolute Gasteiger partial charge is 0.321 e. The first kappa shape index (κ1) is 26.3. The molecule has 9 heteroatoms. The Morgan fingerprint density at radius 2 is 1.64 bits per heavy atom. The number of piperidine rings is 1. The molecule has 0 aromatic heterocycles. The van der Waals surface area contributed by atoms with E-state index in [1.165, 1.54) is 0 Å². The van der Waals surface area contributed by atoms with Crippen LogP contribution in [-0.4, -0.2) is 60.8 Å². The Kier molecular flexibility index (Phi) is 9.45. The average molecular weight is 624 g/mol. The molecule has 0 N–H and O–H groups in total. The summed E-state index contributed by atoms with van der Waals surface area (Å²) >= 11 is 3.98. The van der Waals surface area contributed by atoms with Crippen molar-refractivity contribution in [2.24, 2.45) is 0 Å². The normalized spacial score (nSPS) is 22.4. The number of carbonyl (C=O) groups is 2. The van der Waals surface area contributed by atoms with Gasteiger partial charge in [0.1, 0.15) is 14.0 Å². The van der Waals surface area contributed by atoms with Crippen molar-refractivity contribution in [3.8, 4) is 0 Å². The lowest BCUT2D eigenvalue weighted by molar-refractivity contribution is -0.302. The van der Waals surface area contributed by atoms with Crippen molar-refractivity contribution >= 4 is 57.1 Å². The van der Waals surface area contributed by atoms with Gasteiger partial charge in [-0.05, 0) is 61.3 Å². The lowest BCUT2D eigenvalue weighted by Crippen LogP contribution is -2.60. The van der Waals surface area contributed by atoms with Gasteiger partial charge < -0.3 is 14.2 Å². The topological polar surface area (TPSA) is 85.0 Å². The van der Waals surface area contributed by atoms with E-state index in [9.17, 15) is 14.8 Å². The predicted octanol–water partition coefficient (Wildman–Crippen LogP) is 3.86. The number of ether oxygens (including phenoxy) is 3. The molecule has 1 aliphatic rings. The number of carbonyl (C=O) groups excluding carboxylic acids is 2. The molecule has 7 nitrogen and oxygen atoms in total. The SMILES string of the molecule is CC(I)C(=O)OC(COC(=O)C(C)(C)I)COC1CC(C)(C)N([O])C(C)(C)C1. The van der Waals surface area contributed by atoms with Crippen LogP contribution in [-0.2, 0) is 29.0 Å². The Balaban J connectivity index is 2.75. The van der Waals surface area contributed by atoms with Gasteiger partial charge in [-0.25, -0.2) is 0 Å². The molecule has 2 atom stereocenters. The molecule has 0 spiro atoms. The van der Waals surface area contributed by atoms with Crippen LogP contribution < -0.4 is 0 Å². The molecule has 1 saturated heterocycles. The zero-order valence-electron chi connectivity index (χ0n) is 17.7. The molecule has 0 aliphatic carbocycles. The summed E-state index contributed by atoms with van der Waals surface area (Å²) in [6.07, 6.45) is 0.308. The Bertz CT molecular complexity index is 541. The number of alkyl halides is 2. The number of halogens is 2. The van der Waals surface area contributed by atoms with E-state index in [4.69, 9.17) is 14.2 Å². The number of nitrogens with zero attached hydrogens (tertiary/aromatic N) is 1. The van der Waals surface area contributed by atoms with E-state index in [1.807, 2.05) is 72.9 Å². The van der Waals surface area contributed by atoms with Crippen molar-refractivity contribution < 1.29 is 29.0 Å². The Morgan fingerprint density at radius 3 is 2.07 bits per heavy atom. The van der Waals surface area contributed by atoms with Crippen molar-refractivity contribution in [3.05, 3.63) is 0 Å². The fourth-order valence-electron chi connectivity index (χ4n) is 3.25. The third kappa shape index (κ3) is 7.84. The molecule has 0 amide bonds. The van der Waals surface area contributed by atoms with E-state index in [0.29, 0.717) is 12.8 Å². The van der Waals surface area contributed by atoms with Crippen molar-refractivity contribution in [2.75, 3.05) is 13.2 Å². The minimum absolute atomic E-state index is 0.0620. The van der Waals surface area contributed by atoms with Gasteiger partial charge in [-0.3, -0.25) is 9.59 Å². The number of hydroxylamine groups is 2. The van der Waals surface area contributed by atoms with E-state index in [1.54, 1.807) is 20.8 Å². The van der Waals surface area contributed by atoms with Crippen LogP contribution in [0.25, 0.3) is 0 Å². The molecule has 2 unspecified atom stereocenters. The van der Waals surface area contributed by atoms with Crippen molar-refractivity contribution in [1.82, 2.24) is 5.06 Å². The first-order valence-corrected chi connectivity index (χ1v) is 11.7. The summed E-state index contributed by atoms with van der Waals surface area (Å²) in [6.45, 7) is 12.9. The maximum absolute atomic E-state index is 12.5. The summed E-state index contributed by atoms with van der Waals surface area (Å²) in [5.74, 6) is -0.757. The Hall–Kier alpha value is 0.280. The van der Waals surface area contributed by atoms with Crippen molar-refractivity contribution in [2.45, 2.75) is 91.9 Å². The second-order valence-electron chi connectivity index (χ2n) is 9.03. The van der Waals surface area contributed by atoms with Crippen LogP contribution in [0.15, 0.2) is 0 Å². The van der Waals surface area contributed by atoms with Gasteiger partial charge in [0.2, 0.25) is 0 Å². The fraction of sp³-hybridized carbons (Fsp3) is 0.895. The highest BCUT2D eigenvalue weighted by molar-refractivity contribution is 14.1. The van der Waals surface area contributed by atoms with Crippen LogP contribution in [0, 0.1) is 0 Å². The molecular formula is C19H32I2NO6. The second-order valence-corrected chi connectivity index (χ2v) is 13.6. The first-order valence-electron chi connectivity index (χ1n) is 9.36. The lowest BCUT2D eigenvalue weighted by Gasteiger charge is -2.49. The zero-order chi connectivity index (χ0) is 21.9. The third-order valence-electron chi connectivity index (χ3n) is 4.57. The van der Waals surface area contributed by atoms with Crippen LogP contribution in [0.2, 0.25) is 0 Å². The maximum atomic E-state index is 12.5. The van der Waals surface area contributed by atoms with Crippen LogP contribution in [0.1, 0.15) is 61.3 Å². The molecular weight excluding hydrogens is 592 g/mol. The molecule has 1 aliphatic heterocycles. The quantitative estimate of drug-likeness (QED) is 0.232. The predicted molar refractivity (Wildman–Crippen MR) is 122 cm³/mol. The molecule has 0 aromatic carbocycles. The van der Waals surface area contributed by atoms with Crippen LogP contribution in [0.5, 0.6) is 0 Å². The van der Waals surface area contributed by atoms with E-state index >= 15 is 0 Å². The zero-order valence-corrected chi connectivity index (χ0v) is 22.0. The molecule has 0 bridgehead atoms. The molecule has 1 fully saturated rings. The van der Waals surface area contributed by atoms with E-state index in [2.05, 4.69) is 0 Å². The molecule has 1 rings (SSSR count). The first-order chi connectivity index (χ1) is 12.6. The third-order valence-corrected chi connectivity index (χ3v) is 5.51. The number of hydrogen-bond donors (Lipinski definition) is 0. The molecule has 163 valence electrons. The lowest BCUT2D eigenvalue weighted by atomic mass is 9.80. The standard InChI is InChI=1S/C19H32I2NO6/c1-12(20)15(23)28-14(11-27-16(24)19(6,7)21)10-26-13-8-17(2,3)22(25)18(4,5)9-13/h12-14H,8-11H2,1-7H3. The number of rotatable bonds is 8. The summed E-state index contributed by atoms with van der Waals surface area (Å²) in [6, 6.07) is 0. The largest absolute Gasteiger partial charge is 0.461 e. The van der Waals surface area contributed by atoms with E-state index in [0.717, 1.165) is 5.06 Å². The second kappa shape index (κ2) is 10.1. The number of esters is 2. The summed E-state index contributed by atoms with van der Waals surface area (Å²) < 4.78 is 15.8. The summed E-state index contributed by atoms with van der Waals surface area (Å²) in [4.78, 5) is 24.1. The molecule has 0 saturated carbocycles. The summed E-state index contributed by atoms with van der Waals surface area (Å²) in [7, 11) is 0. The van der Waals surface area contributed by atoms with Crippen LogP contribution in [0.4, 0.5) is 0 Å². The Morgan fingerprint density at radius 1 is 1.14 bits per heavy atom. The van der Waals surface area contributed by atoms with Gasteiger partial charge in [-0.15, -0.1) is 10.3 Å². The summed E-state index contributed by atoms with van der Waals surface area (Å²) in [5.41, 5.74) is -1.10. The van der Waals surface area contributed by atoms with Gasteiger partial charge in [0, 0.05) is 11.1 Å². The molecule has 28 heavy (non-hydrogen) atoms.